The lowest BCUT2D eigenvalue weighted by Crippen LogP contribution is -2.30. The molecule has 6 nitrogen and oxygen atoms in total. The molecule has 7 heteroatoms. The van der Waals surface area contributed by atoms with Gasteiger partial charge in [0.05, 0.1) is 12.3 Å². The molecule has 104 valence electrons. The summed E-state index contributed by atoms with van der Waals surface area (Å²) in [6.07, 6.45) is 0.632. The standard InChI is InChI=1S/C11H22N4O2S/c1-9-12-10(14-13-9)8-15(5)18(16,17)7-6-11(2,3)4/h6-8H2,1-5H3,(H,12,13,14). The van der Waals surface area contributed by atoms with E-state index in [-0.39, 0.29) is 17.7 Å². The first-order chi connectivity index (χ1) is 8.10. The van der Waals surface area contributed by atoms with E-state index in [4.69, 9.17) is 0 Å². The molecule has 1 N–H and O–H groups in total. The Kier molecular flexibility index (Phi) is 4.50. The highest BCUT2D eigenvalue weighted by atomic mass is 32.2. The van der Waals surface area contributed by atoms with Crippen LogP contribution in [0.25, 0.3) is 0 Å². The van der Waals surface area contributed by atoms with Crippen molar-refractivity contribution in [3.8, 4) is 0 Å². The van der Waals surface area contributed by atoms with Crippen LogP contribution in [0.15, 0.2) is 0 Å². The third-order valence-corrected chi connectivity index (χ3v) is 4.39. The predicted octanol–water partition coefficient (Wildman–Crippen LogP) is 1.31. The van der Waals surface area contributed by atoms with E-state index in [9.17, 15) is 8.42 Å². The van der Waals surface area contributed by atoms with Crippen LogP contribution in [0.2, 0.25) is 0 Å². The Morgan fingerprint density at radius 1 is 1.33 bits per heavy atom. The van der Waals surface area contributed by atoms with Crippen molar-refractivity contribution in [1.82, 2.24) is 19.5 Å². The number of hydrogen-bond acceptors (Lipinski definition) is 4. The molecule has 0 saturated heterocycles. The van der Waals surface area contributed by atoms with Gasteiger partial charge in [0.1, 0.15) is 5.82 Å². The maximum Gasteiger partial charge on any atom is 0.214 e. The molecule has 0 aliphatic carbocycles. The molecule has 1 rings (SSSR count). The summed E-state index contributed by atoms with van der Waals surface area (Å²) >= 11 is 0. The van der Waals surface area contributed by atoms with Crippen LogP contribution in [0, 0.1) is 12.3 Å². The summed E-state index contributed by atoms with van der Waals surface area (Å²) in [5.74, 6) is 1.33. The fourth-order valence-corrected chi connectivity index (χ4v) is 2.84. The third kappa shape index (κ3) is 4.73. The van der Waals surface area contributed by atoms with Gasteiger partial charge in [-0.25, -0.2) is 13.4 Å². The van der Waals surface area contributed by atoms with E-state index in [2.05, 4.69) is 15.2 Å². The van der Waals surface area contributed by atoms with E-state index in [1.54, 1.807) is 14.0 Å². The van der Waals surface area contributed by atoms with E-state index in [1.807, 2.05) is 20.8 Å². The lowest BCUT2D eigenvalue weighted by Gasteiger charge is -2.21. The van der Waals surface area contributed by atoms with Crippen molar-refractivity contribution in [2.24, 2.45) is 5.41 Å². The molecule has 1 aromatic rings. The molecular weight excluding hydrogens is 252 g/mol. The quantitative estimate of drug-likeness (QED) is 0.878. The highest BCUT2D eigenvalue weighted by molar-refractivity contribution is 7.89. The van der Waals surface area contributed by atoms with Crippen LogP contribution in [0.1, 0.15) is 38.8 Å². The Morgan fingerprint density at radius 3 is 2.39 bits per heavy atom. The van der Waals surface area contributed by atoms with Gasteiger partial charge in [0.25, 0.3) is 0 Å². The maximum atomic E-state index is 12.0. The molecule has 1 aromatic heterocycles. The van der Waals surface area contributed by atoms with E-state index in [0.29, 0.717) is 18.1 Å². The van der Waals surface area contributed by atoms with Gasteiger partial charge in [0, 0.05) is 7.05 Å². The zero-order valence-corrected chi connectivity index (χ0v) is 12.5. The van der Waals surface area contributed by atoms with Gasteiger partial charge in [-0.05, 0) is 18.8 Å². The molecule has 0 aliphatic heterocycles. The van der Waals surface area contributed by atoms with Gasteiger partial charge >= 0.3 is 0 Å². The Bertz CT molecular complexity index is 487. The zero-order chi connectivity index (χ0) is 14.0. The number of nitrogens with one attached hydrogen (secondary N) is 1. The minimum Gasteiger partial charge on any atom is -0.263 e. The fraction of sp³-hybridized carbons (Fsp3) is 0.818. The van der Waals surface area contributed by atoms with E-state index < -0.39 is 10.0 Å². The molecule has 0 saturated carbocycles. The first-order valence-electron chi connectivity index (χ1n) is 5.92. The summed E-state index contributed by atoms with van der Waals surface area (Å²) < 4.78 is 25.4. The summed E-state index contributed by atoms with van der Waals surface area (Å²) in [5.41, 5.74) is 0.00901. The number of hydrogen-bond donors (Lipinski definition) is 1. The van der Waals surface area contributed by atoms with Crippen LogP contribution in [0.4, 0.5) is 0 Å². The summed E-state index contributed by atoms with van der Waals surface area (Å²) in [6.45, 7) is 8.07. The smallest absolute Gasteiger partial charge is 0.214 e. The lowest BCUT2D eigenvalue weighted by atomic mass is 9.94. The van der Waals surface area contributed by atoms with Gasteiger partial charge < -0.3 is 0 Å². The van der Waals surface area contributed by atoms with Gasteiger partial charge in [-0.3, -0.25) is 5.10 Å². The molecule has 0 radical (unpaired) electrons. The summed E-state index contributed by atoms with van der Waals surface area (Å²) in [4.78, 5) is 4.10. The molecule has 0 atom stereocenters. The molecular formula is C11H22N4O2S. The van der Waals surface area contributed by atoms with Crippen LogP contribution < -0.4 is 0 Å². The zero-order valence-electron chi connectivity index (χ0n) is 11.7. The number of H-pyrrole nitrogens is 1. The molecule has 0 bridgehead atoms. The maximum absolute atomic E-state index is 12.0. The fourth-order valence-electron chi connectivity index (χ4n) is 1.35. The van der Waals surface area contributed by atoms with Crippen LogP contribution in [0.5, 0.6) is 0 Å². The molecule has 0 aromatic carbocycles. The van der Waals surface area contributed by atoms with Crippen molar-refractivity contribution in [3.05, 3.63) is 11.6 Å². The number of rotatable bonds is 5. The Balaban J connectivity index is 2.62. The van der Waals surface area contributed by atoms with E-state index in [1.165, 1.54) is 4.31 Å². The largest absolute Gasteiger partial charge is 0.263 e. The van der Waals surface area contributed by atoms with Crippen LogP contribution >= 0.6 is 0 Å². The Hall–Kier alpha value is -0.950. The number of aryl methyl sites for hydroxylation is 1. The van der Waals surface area contributed by atoms with Gasteiger partial charge in [0.15, 0.2) is 5.82 Å². The Labute approximate surface area is 109 Å². The molecule has 1 heterocycles. The highest BCUT2D eigenvalue weighted by Gasteiger charge is 2.22. The molecule has 18 heavy (non-hydrogen) atoms. The summed E-state index contributed by atoms with van der Waals surface area (Å²) in [6, 6.07) is 0. The van der Waals surface area contributed by atoms with Crippen molar-refractivity contribution in [1.29, 1.82) is 0 Å². The average Bonchev–Trinajstić information content (AvgIpc) is 2.60. The van der Waals surface area contributed by atoms with Gasteiger partial charge in [-0.15, -0.1) is 0 Å². The first-order valence-corrected chi connectivity index (χ1v) is 7.53. The van der Waals surface area contributed by atoms with Gasteiger partial charge in [-0.2, -0.15) is 9.40 Å². The Morgan fingerprint density at radius 2 is 1.94 bits per heavy atom. The molecule has 0 aliphatic rings. The number of aromatic amines is 1. The van der Waals surface area contributed by atoms with Crippen LogP contribution in [-0.2, 0) is 16.6 Å². The second kappa shape index (κ2) is 5.36. The molecule has 0 amide bonds. The number of nitrogens with zero attached hydrogens (tertiary/aromatic N) is 3. The minimum absolute atomic E-state index is 0.00901. The van der Waals surface area contributed by atoms with Crippen molar-refractivity contribution in [2.75, 3.05) is 12.8 Å². The lowest BCUT2D eigenvalue weighted by molar-refractivity contribution is 0.387. The predicted molar refractivity (Wildman–Crippen MR) is 70.4 cm³/mol. The normalized spacial score (nSPS) is 13.2. The topological polar surface area (TPSA) is 79.0 Å². The minimum atomic E-state index is -3.24. The molecule has 0 fully saturated rings. The second-order valence-electron chi connectivity index (χ2n) is 5.72. The van der Waals surface area contributed by atoms with Crippen molar-refractivity contribution < 1.29 is 8.42 Å². The number of aromatic nitrogens is 3. The highest BCUT2D eigenvalue weighted by Crippen LogP contribution is 2.20. The van der Waals surface area contributed by atoms with Gasteiger partial charge in [-0.1, -0.05) is 20.8 Å². The molecule has 0 unspecified atom stereocenters. The number of sulfonamides is 1. The second-order valence-corrected chi connectivity index (χ2v) is 7.92. The van der Waals surface area contributed by atoms with E-state index >= 15 is 0 Å². The molecule has 0 spiro atoms. The van der Waals surface area contributed by atoms with E-state index in [0.717, 1.165) is 0 Å². The third-order valence-electron chi connectivity index (χ3n) is 2.59. The summed E-state index contributed by atoms with van der Waals surface area (Å²) in [5, 5.41) is 6.64. The van der Waals surface area contributed by atoms with Crippen molar-refractivity contribution in [3.63, 3.8) is 0 Å². The van der Waals surface area contributed by atoms with Crippen LogP contribution in [-0.4, -0.2) is 40.7 Å². The van der Waals surface area contributed by atoms with Crippen LogP contribution in [0.3, 0.4) is 0 Å². The monoisotopic (exact) mass is 274 g/mol. The van der Waals surface area contributed by atoms with Gasteiger partial charge in [0.2, 0.25) is 10.0 Å². The first kappa shape index (κ1) is 15.1. The SMILES string of the molecule is Cc1nc(CN(C)S(=O)(=O)CCC(C)(C)C)n[nH]1. The summed E-state index contributed by atoms with van der Waals surface area (Å²) in [7, 11) is -1.68. The van der Waals surface area contributed by atoms with Crippen molar-refractivity contribution in [2.45, 2.75) is 40.7 Å². The van der Waals surface area contributed by atoms with Crippen molar-refractivity contribution >= 4 is 10.0 Å². The average molecular weight is 274 g/mol.